The van der Waals surface area contributed by atoms with Gasteiger partial charge in [0.05, 0.1) is 5.88 Å². The van der Waals surface area contributed by atoms with E-state index in [9.17, 15) is 0 Å². The molecule has 0 saturated carbocycles. The molecule has 1 aromatic rings. The molecule has 12 heavy (non-hydrogen) atoms. The van der Waals surface area contributed by atoms with Gasteiger partial charge in [0.25, 0.3) is 0 Å². The van der Waals surface area contributed by atoms with E-state index in [-0.39, 0.29) is 0 Å². The van der Waals surface area contributed by atoms with Crippen LogP contribution in [0.25, 0.3) is 0 Å². The summed E-state index contributed by atoms with van der Waals surface area (Å²) in [5.74, 6) is 1.90. The number of hydrogen-bond donors (Lipinski definition) is 0. The van der Waals surface area contributed by atoms with E-state index >= 15 is 0 Å². The molecule has 0 fully saturated rings. The highest BCUT2D eigenvalue weighted by molar-refractivity contribution is 9.13. The largest absolute Gasteiger partial charge is 0.298 e. The Hall–Kier alpha value is 0.810. The molecule has 0 unspecified atom stereocenters. The van der Waals surface area contributed by atoms with Gasteiger partial charge in [-0.3, -0.25) is 4.57 Å². The number of rotatable bonds is 3. The second kappa shape index (κ2) is 4.88. The van der Waals surface area contributed by atoms with Crippen LogP contribution < -0.4 is 0 Å². The average Bonchev–Trinajstić information content (AvgIpc) is 2.25. The predicted molar refractivity (Wildman–Crippen MR) is 60.8 cm³/mol. The molecule has 0 radical (unpaired) electrons. The summed E-state index contributed by atoms with van der Waals surface area (Å²) in [5, 5.41) is 0.509. The standard InChI is InChI=1S/C6H7Br2ClN2S/c1-2-12-3-11-5(8)4(7)10-6(11)9/h2-3H2,1H3. The maximum atomic E-state index is 5.86. The molecule has 0 saturated heterocycles. The van der Waals surface area contributed by atoms with E-state index in [0.717, 1.165) is 20.8 Å². The summed E-state index contributed by atoms with van der Waals surface area (Å²) in [6, 6.07) is 0. The van der Waals surface area contributed by atoms with Crippen molar-refractivity contribution >= 4 is 55.2 Å². The minimum absolute atomic E-state index is 0.509. The molecule has 0 N–H and O–H groups in total. The van der Waals surface area contributed by atoms with Crippen molar-refractivity contribution in [1.29, 1.82) is 0 Å². The topological polar surface area (TPSA) is 17.8 Å². The molecule has 2 nitrogen and oxygen atoms in total. The predicted octanol–water partition coefficient (Wildman–Crippen LogP) is 3.77. The minimum Gasteiger partial charge on any atom is -0.298 e. The average molecular weight is 334 g/mol. The van der Waals surface area contributed by atoms with Crippen molar-refractivity contribution < 1.29 is 0 Å². The first kappa shape index (κ1) is 10.9. The van der Waals surface area contributed by atoms with Gasteiger partial charge < -0.3 is 0 Å². The van der Waals surface area contributed by atoms with E-state index in [4.69, 9.17) is 11.6 Å². The van der Waals surface area contributed by atoms with Crippen LogP contribution in [0.4, 0.5) is 0 Å². The van der Waals surface area contributed by atoms with Gasteiger partial charge in [-0.25, -0.2) is 4.98 Å². The lowest BCUT2D eigenvalue weighted by atomic mass is 10.9. The van der Waals surface area contributed by atoms with E-state index in [1.54, 1.807) is 11.8 Å². The first-order chi connectivity index (χ1) is 5.66. The first-order valence-electron chi connectivity index (χ1n) is 3.31. The van der Waals surface area contributed by atoms with Crippen LogP contribution in [0.2, 0.25) is 5.28 Å². The Bertz CT molecular complexity index is 277. The van der Waals surface area contributed by atoms with Gasteiger partial charge in [-0.15, -0.1) is 11.8 Å². The number of nitrogens with zero attached hydrogens (tertiary/aromatic N) is 2. The van der Waals surface area contributed by atoms with Gasteiger partial charge in [-0.1, -0.05) is 6.92 Å². The second-order valence-electron chi connectivity index (χ2n) is 2.01. The maximum absolute atomic E-state index is 5.86. The smallest absolute Gasteiger partial charge is 0.205 e. The lowest BCUT2D eigenvalue weighted by molar-refractivity contribution is 0.868. The molecule has 6 heteroatoms. The third kappa shape index (κ3) is 2.40. The molecule has 1 rings (SSSR count). The summed E-state index contributed by atoms with van der Waals surface area (Å²) in [5.41, 5.74) is 0. The fraction of sp³-hybridized carbons (Fsp3) is 0.500. The molecular weight excluding hydrogens is 327 g/mol. The monoisotopic (exact) mass is 332 g/mol. The van der Waals surface area contributed by atoms with E-state index < -0.39 is 0 Å². The highest BCUT2D eigenvalue weighted by atomic mass is 79.9. The lowest BCUT2D eigenvalue weighted by Crippen LogP contribution is -1.94. The molecule has 68 valence electrons. The Balaban J connectivity index is 2.82. The Labute approximate surface area is 97.3 Å². The van der Waals surface area contributed by atoms with E-state index in [2.05, 4.69) is 43.8 Å². The van der Waals surface area contributed by atoms with Crippen LogP contribution in [0.15, 0.2) is 9.21 Å². The fourth-order valence-electron chi connectivity index (χ4n) is 0.672. The van der Waals surface area contributed by atoms with Gasteiger partial charge >= 0.3 is 0 Å². The van der Waals surface area contributed by atoms with Crippen LogP contribution in [0.3, 0.4) is 0 Å². The molecule has 0 amide bonds. The van der Waals surface area contributed by atoms with Gasteiger partial charge in [0, 0.05) is 0 Å². The molecule has 1 aromatic heterocycles. The highest BCUT2D eigenvalue weighted by Gasteiger charge is 2.10. The van der Waals surface area contributed by atoms with Crippen LogP contribution in [-0.4, -0.2) is 15.3 Å². The first-order valence-corrected chi connectivity index (χ1v) is 6.43. The van der Waals surface area contributed by atoms with Crippen LogP contribution in [0, 0.1) is 0 Å². The molecule has 0 aliphatic carbocycles. The lowest BCUT2D eigenvalue weighted by Gasteiger charge is -2.02. The molecule has 0 bridgehead atoms. The Kier molecular flexibility index (Phi) is 4.43. The van der Waals surface area contributed by atoms with Crippen LogP contribution in [-0.2, 0) is 5.88 Å². The fourth-order valence-corrected chi connectivity index (χ4v) is 2.72. The summed E-state index contributed by atoms with van der Waals surface area (Å²) in [4.78, 5) is 4.05. The SMILES string of the molecule is CCSCn1c(Cl)nc(Br)c1Br. The van der Waals surface area contributed by atoms with Crippen LogP contribution in [0.5, 0.6) is 0 Å². The zero-order chi connectivity index (χ0) is 9.14. The second-order valence-corrected chi connectivity index (χ2v) is 5.10. The molecule has 0 aliphatic heterocycles. The van der Waals surface area contributed by atoms with Gasteiger partial charge in [0.1, 0.15) is 9.21 Å². The van der Waals surface area contributed by atoms with E-state index in [1.807, 2.05) is 4.57 Å². The number of hydrogen-bond acceptors (Lipinski definition) is 2. The zero-order valence-electron chi connectivity index (χ0n) is 6.35. The van der Waals surface area contributed by atoms with E-state index in [0.29, 0.717) is 5.28 Å². The quantitative estimate of drug-likeness (QED) is 0.837. The molecule has 0 atom stereocenters. The normalized spacial score (nSPS) is 10.7. The molecule has 0 spiro atoms. The van der Waals surface area contributed by atoms with Crippen molar-refractivity contribution in [2.24, 2.45) is 0 Å². The molecule has 0 aliphatic rings. The van der Waals surface area contributed by atoms with Gasteiger partial charge in [-0.05, 0) is 49.2 Å². The Morgan fingerprint density at radius 3 is 2.67 bits per heavy atom. The summed E-state index contributed by atoms with van der Waals surface area (Å²) in [7, 11) is 0. The maximum Gasteiger partial charge on any atom is 0.205 e. The number of aromatic nitrogens is 2. The van der Waals surface area contributed by atoms with Gasteiger partial charge in [-0.2, -0.15) is 0 Å². The number of halogens is 3. The molecule has 1 heterocycles. The minimum atomic E-state index is 0.509. The van der Waals surface area contributed by atoms with Crippen molar-refractivity contribution in [3.8, 4) is 0 Å². The zero-order valence-corrected chi connectivity index (χ0v) is 11.1. The highest BCUT2D eigenvalue weighted by Crippen LogP contribution is 2.27. The number of thioether (sulfide) groups is 1. The van der Waals surface area contributed by atoms with Crippen molar-refractivity contribution in [1.82, 2.24) is 9.55 Å². The Morgan fingerprint density at radius 2 is 2.25 bits per heavy atom. The third-order valence-electron chi connectivity index (χ3n) is 1.24. The van der Waals surface area contributed by atoms with Crippen LogP contribution in [0.1, 0.15) is 6.92 Å². The van der Waals surface area contributed by atoms with Gasteiger partial charge in [0.2, 0.25) is 5.28 Å². The van der Waals surface area contributed by atoms with Gasteiger partial charge in [0.15, 0.2) is 0 Å². The van der Waals surface area contributed by atoms with Crippen LogP contribution >= 0.6 is 55.2 Å². The number of imidazole rings is 1. The van der Waals surface area contributed by atoms with Crippen molar-refractivity contribution in [3.05, 3.63) is 14.5 Å². The van der Waals surface area contributed by atoms with Crippen molar-refractivity contribution in [2.45, 2.75) is 12.8 Å². The molecule has 0 aromatic carbocycles. The summed E-state index contributed by atoms with van der Waals surface area (Å²) < 4.78 is 3.55. The summed E-state index contributed by atoms with van der Waals surface area (Å²) in [6.07, 6.45) is 0. The van der Waals surface area contributed by atoms with E-state index in [1.165, 1.54) is 0 Å². The van der Waals surface area contributed by atoms with Crippen molar-refractivity contribution in [2.75, 3.05) is 5.75 Å². The summed E-state index contributed by atoms with van der Waals surface area (Å²) in [6.45, 7) is 2.11. The molecular formula is C6H7Br2ClN2S. The summed E-state index contributed by atoms with van der Waals surface area (Å²) >= 11 is 14.3. The van der Waals surface area contributed by atoms with Crippen molar-refractivity contribution in [3.63, 3.8) is 0 Å². The third-order valence-corrected chi connectivity index (χ3v) is 4.27. The Morgan fingerprint density at radius 1 is 1.58 bits per heavy atom.